The topological polar surface area (TPSA) is 51.2 Å². The molecule has 1 unspecified atom stereocenters. The van der Waals surface area contributed by atoms with Crippen molar-refractivity contribution in [3.05, 3.63) is 65.4 Å². The van der Waals surface area contributed by atoms with Gasteiger partial charge in [-0.05, 0) is 49.1 Å². The number of hydrazine groups is 1. The molecule has 0 amide bonds. The molecule has 0 spiro atoms. The van der Waals surface area contributed by atoms with Crippen molar-refractivity contribution in [3.63, 3.8) is 0 Å². The molecular weight excluding hydrogens is 280 g/mol. The molecule has 1 atom stereocenters. The van der Waals surface area contributed by atoms with Gasteiger partial charge in [-0.1, -0.05) is 23.8 Å². The summed E-state index contributed by atoms with van der Waals surface area (Å²) in [7, 11) is 0. The predicted molar refractivity (Wildman–Crippen MR) is 88.3 cm³/mol. The summed E-state index contributed by atoms with van der Waals surface area (Å²) in [5, 5.41) is 1.10. The molecule has 0 saturated heterocycles. The Labute approximate surface area is 128 Å². The van der Waals surface area contributed by atoms with Crippen molar-refractivity contribution >= 4 is 22.7 Å². The molecule has 1 heterocycles. The molecule has 3 rings (SSSR count). The smallest absolute Gasteiger partial charge is 0.134 e. The van der Waals surface area contributed by atoms with Crippen molar-refractivity contribution < 1.29 is 4.42 Å². The highest BCUT2D eigenvalue weighted by Gasteiger charge is 2.17. The molecule has 3 nitrogen and oxygen atoms in total. The van der Waals surface area contributed by atoms with Crippen molar-refractivity contribution in [1.29, 1.82) is 0 Å². The molecule has 0 aliphatic heterocycles. The summed E-state index contributed by atoms with van der Waals surface area (Å²) in [4.78, 5) is 1.23. The van der Waals surface area contributed by atoms with E-state index in [-0.39, 0.29) is 6.04 Å². The van der Waals surface area contributed by atoms with Gasteiger partial charge in [-0.15, -0.1) is 11.8 Å². The molecule has 0 radical (unpaired) electrons. The van der Waals surface area contributed by atoms with Crippen molar-refractivity contribution in [1.82, 2.24) is 5.43 Å². The first kappa shape index (κ1) is 14.2. The lowest BCUT2D eigenvalue weighted by atomic mass is 10.0. The van der Waals surface area contributed by atoms with Gasteiger partial charge >= 0.3 is 0 Å². The number of furan rings is 1. The maximum absolute atomic E-state index is 5.94. The Bertz CT molecular complexity index is 749. The first-order valence-electron chi connectivity index (χ1n) is 6.81. The Hall–Kier alpha value is -1.75. The minimum absolute atomic E-state index is 0.145. The maximum Gasteiger partial charge on any atom is 0.134 e. The number of nitrogens with one attached hydrogen (secondary N) is 1. The number of nitrogens with two attached hydrogens (primary N) is 1. The van der Waals surface area contributed by atoms with Crippen LogP contribution >= 0.6 is 11.8 Å². The fourth-order valence-electron chi connectivity index (χ4n) is 2.46. The van der Waals surface area contributed by atoms with E-state index in [0.717, 1.165) is 22.3 Å². The van der Waals surface area contributed by atoms with Gasteiger partial charge in [0.25, 0.3) is 0 Å². The van der Waals surface area contributed by atoms with Gasteiger partial charge in [-0.2, -0.15) is 0 Å². The zero-order valence-electron chi connectivity index (χ0n) is 12.1. The monoisotopic (exact) mass is 298 g/mol. The lowest BCUT2D eigenvalue weighted by Gasteiger charge is -2.14. The largest absolute Gasteiger partial charge is 0.459 e. The molecule has 108 valence electrons. The lowest BCUT2D eigenvalue weighted by molar-refractivity contribution is 0.477. The third-order valence-electron chi connectivity index (χ3n) is 3.59. The Morgan fingerprint density at radius 2 is 1.86 bits per heavy atom. The summed E-state index contributed by atoms with van der Waals surface area (Å²) >= 11 is 1.72. The van der Waals surface area contributed by atoms with Gasteiger partial charge in [0, 0.05) is 10.3 Å². The number of benzene rings is 2. The fraction of sp³-hybridized carbons (Fsp3) is 0.176. The van der Waals surface area contributed by atoms with E-state index in [1.165, 1.54) is 10.5 Å². The van der Waals surface area contributed by atoms with E-state index in [4.69, 9.17) is 10.3 Å². The van der Waals surface area contributed by atoms with Gasteiger partial charge in [0.05, 0.1) is 0 Å². The van der Waals surface area contributed by atoms with Crippen molar-refractivity contribution in [3.8, 4) is 0 Å². The highest BCUT2D eigenvalue weighted by Crippen LogP contribution is 2.29. The number of rotatable bonds is 4. The zero-order valence-corrected chi connectivity index (χ0v) is 12.9. The molecule has 3 N–H and O–H groups in total. The first-order chi connectivity index (χ1) is 10.2. The number of fused-ring (bicyclic) bond motifs is 1. The van der Waals surface area contributed by atoms with Crippen LogP contribution in [0.4, 0.5) is 0 Å². The second kappa shape index (κ2) is 5.93. The summed E-state index contributed by atoms with van der Waals surface area (Å²) in [5.41, 5.74) is 6.04. The summed E-state index contributed by atoms with van der Waals surface area (Å²) in [6, 6.07) is 16.4. The first-order valence-corrected chi connectivity index (χ1v) is 8.04. The van der Waals surface area contributed by atoms with Crippen molar-refractivity contribution in [2.45, 2.75) is 17.9 Å². The van der Waals surface area contributed by atoms with Crippen molar-refractivity contribution in [2.75, 3.05) is 6.26 Å². The normalized spacial score (nSPS) is 12.7. The van der Waals surface area contributed by atoms with E-state index in [1.54, 1.807) is 11.8 Å². The standard InChI is InChI=1S/C17H18N2OS/c1-11-3-8-15-13(9-11)10-16(20-15)17(19-18)12-4-6-14(21-2)7-5-12/h3-10,17,19H,18H2,1-2H3. The molecule has 4 heteroatoms. The van der Waals surface area contributed by atoms with Crippen LogP contribution in [0.5, 0.6) is 0 Å². The van der Waals surface area contributed by atoms with E-state index in [2.05, 4.69) is 55.0 Å². The minimum Gasteiger partial charge on any atom is -0.459 e. The van der Waals surface area contributed by atoms with Gasteiger partial charge < -0.3 is 4.42 Å². The second-order valence-electron chi connectivity index (χ2n) is 5.06. The molecule has 0 saturated carbocycles. The van der Waals surface area contributed by atoms with Gasteiger partial charge in [0.15, 0.2) is 0 Å². The Kier molecular flexibility index (Phi) is 4.01. The molecule has 0 bridgehead atoms. The molecule has 1 aromatic heterocycles. The third kappa shape index (κ3) is 2.83. The van der Waals surface area contributed by atoms with Crippen LogP contribution in [0.2, 0.25) is 0 Å². The predicted octanol–water partition coefficient (Wildman–Crippen LogP) is 4.02. The fourth-order valence-corrected chi connectivity index (χ4v) is 2.87. The molecule has 0 aliphatic carbocycles. The van der Waals surface area contributed by atoms with Crippen LogP contribution in [0.25, 0.3) is 11.0 Å². The van der Waals surface area contributed by atoms with E-state index >= 15 is 0 Å². The quantitative estimate of drug-likeness (QED) is 0.434. The van der Waals surface area contributed by atoms with Crippen LogP contribution in [-0.4, -0.2) is 6.26 Å². The molecule has 0 fully saturated rings. The number of hydrogen-bond acceptors (Lipinski definition) is 4. The zero-order chi connectivity index (χ0) is 14.8. The van der Waals surface area contributed by atoms with E-state index in [9.17, 15) is 0 Å². The van der Waals surface area contributed by atoms with Crippen LogP contribution in [0.1, 0.15) is 22.9 Å². The number of thioether (sulfide) groups is 1. The maximum atomic E-state index is 5.94. The Morgan fingerprint density at radius 3 is 2.52 bits per heavy atom. The SMILES string of the molecule is CSc1ccc(C(NN)c2cc3cc(C)ccc3o2)cc1. The van der Waals surface area contributed by atoms with Gasteiger partial charge in [-0.3, -0.25) is 5.84 Å². The summed E-state index contributed by atoms with van der Waals surface area (Å²) < 4.78 is 5.94. The van der Waals surface area contributed by atoms with Gasteiger partial charge in [0.1, 0.15) is 17.4 Å². The van der Waals surface area contributed by atoms with Crippen LogP contribution in [0.3, 0.4) is 0 Å². The number of aryl methyl sites for hydroxylation is 1. The van der Waals surface area contributed by atoms with E-state index in [1.807, 2.05) is 12.1 Å². The molecular formula is C17H18N2OS. The second-order valence-corrected chi connectivity index (χ2v) is 5.94. The summed E-state index contributed by atoms with van der Waals surface area (Å²) in [6.45, 7) is 2.08. The minimum atomic E-state index is -0.145. The molecule has 21 heavy (non-hydrogen) atoms. The van der Waals surface area contributed by atoms with Crippen LogP contribution < -0.4 is 11.3 Å². The lowest BCUT2D eigenvalue weighted by Crippen LogP contribution is -2.28. The summed E-state index contributed by atoms with van der Waals surface area (Å²) in [5.74, 6) is 6.57. The van der Waals surface area contributed by atoms with Crippen molar-refractivity contribution in [2.24, 2.45) is 5.84 Å². The van der Waals surface area contributed by atoms with Crippen LogP contribution in [0, 0.1) is 6.92 Å². The van der Waals surface area contributed by atoms with Gasteiger partial charge in [-0.25, -0.2) is 5.43 Å². The van der Waals surface area contributed by atoms with Gasteiger partial charge in [0.2, 0.25) is 0 Å². The molecule has 3 aromatic rings. The van der Waals surface area contributed by atoms with Crippen LogP contribution in [-0.2, 0) is 0 Å². The highest BCUT2D eigenvalue weighted by molar-refractivity contribution is 7.98. The van der Waals surface area contributed by atoms with E-state index < -0.39 is 0 Å². The molecule has 2 aromatic carbocycles. The van der Waals surface area contributed by atoms with E-state index in [0.29, 0.717) is 0 Å². The Balaban J connectivity index is 2.00. The molecule has 0 aliphatic rings. The summed E-state index contributed by atoms with van der Waals surface area (Å²) in [6.07, 6.45) is 2.06. The Morgan fingerprint density at radius 1 is 1.10 bits per heavy atom. The van der Waals surface area contributed by atoms with Crippen LogP contribution in [0.15, 0.2) is 57.8 Å². The highest BCUT2D eigenvalue weighted by atomic mass is 32.2. The average molecular weight is 298 g/mol. The number of hydrogen-bond donors (Lipinski definition) is 2. The average Bonchev–Trinajstić information content (AvgIpc) is 2.91. The third-order valence-corrected chi connectivity index (χ3v) is 4.33.